The number of nitrogens with one attached hydrogen (secondary N) is 1. The molecule has 0 saturated carbocycles. The van der Waals surface area contributed by atoms with Crippen molar-refractivity contribution in [2.45, 2.75) is 13.0 Å². The first kappa shape index (κ1) is 18.2. The Bertz CT molecular complexity index is 918. The molecular weight excluding hydrogens is 360 g/mol. The van der Waals surface area contributed by atoms with E-state index in [-0.39, 0.29) is 19.8 Å². The van der Waals surface area contributed by atoms with E-state index in [2.05, 4.69) is 25.8 Å². The van der Waals surface area contributed by atoms with E-state index in [9.17, 15) is 8.78 Å². The topological polar surface area (TPSA) is 137 Å². The first-order valence-electron chi connectivity index (χ1n) is 7.65. The smallest absolute Gasteiger partial charge is 0.314 e. The summed E-state index contributed by atoms with van der Waals surface area (Å²) in [6.45, 7) is 0.208. The van der Waals surface area contributed by atoms with Crippen LogP contribution in [0.5, 0.6) is 5.75 Å². The van der Waals surface area contributed by atoms with Crippen molar-refractivity contribution in [2.24, 2.45) is 16.7 Å². The lowest BCUT2D eigenvalue weighted by Crippen LogP contribution is -2.22. The summed E-state index contributed by atoms with van der Waals surface area (Å²) >= 11 is 0. The molecule has 2 heterocycles. The minimum absolute atomic E-state index is 0. The van der Waals surface area contributed by atoms with Crippen LogP contribution >= 0.6 is 0 Å². The molecule has 0 saturated heterocycles. The number of hydrazine groups is 1. The Kier molecular flexibility index (Phi) is 5.52. The summed E-state index contributed by atoms with van der Waals surface area (Å²) in [6, 6.07) is 10.2. The molecule has 0 bridgehead atoms. The average molecular weight is 377 g/mol. The molecule has 5 N–H and O–H groups in total. The van der Waals surface area contributed by atoms with E-state index in [1.165, 1.54) is 6.20 Å². The van der Waals surface area contributed by atoms with Crippen molar-refractivity contribution in [1.82, 2.24) is 20.7 Å². The van der Waals surface area contributed by atoms with Gasteiger partial charge < -0.3 is 14.9 Å². The second kappa shape index (κ2) is 8.19. The van der Waals surface area contributed by atoms with Gasteiger partial charge in [0, 0.05) is 13.2 Å². The van der Waals surface area contributed by atoms with Gasteiger partial charge in [0.2, 0.25) is 5.89 Å². The Labute approximate surface area is 153 Å². The van der Waals surface area contributed by atoms with Gasteiger partial charge in [-0.15, -0.1) is 15.3 Å². The highest BCUT2D eigenvalue weighted by Crippen LogP contribution is 2.23. The molecule has 0 fully saturated rings. The van der Waals surface area contributed by atoms with Crippen LogP contribution in [0.4, 0.5) is 8.78 Å². The van der Waals surface area contributed by atoms with Crippen LogP contribution in [0.2, 0.25) is 0 Å². The Balaban J connectivity index is 0.00000280. The van der Waals surface area contributed by atoms with Crippen molar-refractivity contribution < 1.29 is 19.4 Å². The third-order valence-electron chi connectivity index (χ3n) is 3.42. The number of rotatable bonds is 7. The highest BCUT2D eigenvalue weighted by molar-refractivity contribution is 5.97. The van der Waals surface area contributed by atoms with Crippen molar-refractivity contribution in [1.29, 1.82) is 0 Å². The van der Waals surface area contributed by atoms with E-state index in [1.54, 1.807) is 36.4 Å². The standard InChI is InChI=1S/C16H15F2N7O2.H2/c17-13(18)16-24-23-15(27-16)10-1-4-11(21-7-10)8-26-12-5-2-9(3-6-12)14(19)22-25-20;/h1-7,13,25H,8,20H2,(H2,19,22);1H. The zero-order chi connectivity index (χ0) is 19.2. The zero-order valence-electron chi connectivity index (χ0n) is 13.8. The number of aromatic nitrogens is 3. The molecule has 0 aliphatic heterocycles. The summed E-state index contributed by atoms with van der Waals surface area (Å²) in [4.78, 5) is 4.19. The van der Waals surface area contributed by atoms with Crippen LogP contribution in [0, 0.1) is 0 Å². The van der Waals surface area contributed by atoms with E-state index < -0.39 is 12.3 Å². The Hall–Kier alpha value is -3.60. The summed E-state index contributed by atoms with van der Waals surface area (Å²) in [7, 11) is 0. The number of amidine groups is 1. The fourth-order valence-corrected chi connectivity index (χ4v) is 2.09. The third kappa shape index (κ3) is 4.52. The molecule has 2 aromatic heterocycles. The average Bonchev–Trinajstić information content (AvgIpc) is 3.18. The lowest BCUT2D eigenvalue weighted by Gasteiger charge is -2.07. The van der Waals surface area contributed by atoms with Crippen LogP contribution in [0.1, 0.15) is 25.0 Å². The van der Waals surface area contributed by atoms with Crippen LogP contribution in [0.3, 0.4) is 0 Å². The van der Waals surface area contributed by atoms with Crippen LogP contribution in [-0.2, 0) is 6.61 Å². The second-order valence-electron chi connectivity index (χ2n) is 5.22. The molecule has 142 valence electrons. The Morgan fingerprint density at radius 3 is 2.59 bits per heavy atom. The summed E-state index contributed by atoms with van der Waals surface area (Å²) in [5, 5.41) is 10.5. The molecule has 0 atom stereocenters. The van der Waals surface area contributed by atoms with E-state index in [0.717, 1.165) is 0 Å². The molecular formula is C16H17F2N7O2. The van der Waals surface area contributed by atoms with Crippen molar-refractivity contribution >= 4 is 5.84 Å². The first-order chi connectivity index (χ1) is 13.1. The van der Waals surface area contributed by atoms with Crippen LogP contribution in [-0.4, -0.2) is 21.0 Å². The highest BCUT2D eigenvalue weighted by Gasteiger charge is 2.17. The van der Waals surface area contributed by atoms with Gasteiger partial charge in [0.15, 0.2) is 5.84 Å². The van der Waals surface area contributed by atoms with Gasteiger partial charge in [-0.1, -0.05) is 0 Å². The minimum Gasteiger partial charge on any atom is -0.487 e. The maximum Gasteiger partial charge on any atom is 0.314 e. The van der Waals surface area contributed by atoms with Crippen molar-refractivity contribution in [2.75, 3.05) is 0 Å². The summed E-state index contributed by atoms with van der Waals surface area (Å²) in [5.41, 5.74) is 9.57. The number of pyridine rings is 1. The summed E-state index contributed by atoms with van der Waals surface area (Å²) < 4.78 is 35.5. The fraction of sp³-hybridized carbons (Fsp3) is 0.125. The number of hydrogen-bond acceptors (Lipinski definition) is 8. The molecule has 3 rings (SSSR count). The van der Waals surface area contributed by atoms with Gasteiger partial charge in [-0.2, -0.15) is 8.78 Å². The third-order valence-corrected chi connectivity index (χ3v) is 3.42. The largest absolute Gasteiger partial charge is 0.487 e. The molecule has 9 nitrogen and oxygen atoms in total. The van der Waals surface area contributed by atoms with Crippen molar-refractivity contribution in [3.63, 3.8) is 0 Å². The van der Waals surface area contributed by atoms with Gasteiger partial charge >= 0.3 is 6.43 Å². The molecule has 27 heavy (non-hydrogen) atoms. The molecule has 0 spiro atoms. The number of hydrazone groups is 1. The van der Waals surface area contributed by atoms with Gasteiger partial charge in [0.05, 0.1) is 11.3 Å². The summed E-state index contributed by atoms with van der Waals surface area (Å²) in [6.07, 6.45) is -1.37. The minimum atomic E-state index is -2.81. The molecule has 0 aliphatic carbocycles. The van der Waals surface area contributed by atoms with E-state index in [1.807, 2.05) is 0 Å². The fourth-order valence-electron chi connectivity index (χ4n) is 2.09. The van der Waals surface area contributed by atoms with Crippen LogP contribution < -0.4 is 21.8 Å². The monoisotopic (exact) mass is 377 g/mol. The van der Waals surface area contributed by atoms with Gasteiger partial charge in [-0.25, -0.2) is 11.4 Å². The normalized spacial score (nSPS) is 11.6. The molecule has 0 radical (unpaired) electrons. The maximum atomic E-state index is 12.5. The molecule has 1 aromatic carbocycles. The van der Waals surface area contributed by atoms with Crippen molar-refractivity contribution in [3.05, 3.63) is 59.7 Å². The van der Waals surface area contributed by atoms with Gasteiger partial charge in [0.1, 0.15) is 12.4 Å². The molecule has 0 aliphatic rings. The van der Waals surface area contributed by atoms with Crippen LogP contribution in [0.25, 0.3) is 11.5 Å². The number of benzene rings is 1. The van der Waals surface area contributed by atoms with E-state index in [0.29, 0.717) is 22.6 Å². The quantitative estimate of drug-likeness (QED) is 0.246. The number of nitrogens with zero attached hydrogens (tertiary/aromatic N) is 4. The van der Waals surface area contributed by atoms with Gasteiger partial charge in [-0.05, 0) is 36.4 Å². The SMILES string of the molecule is NN/N=C(\N)c1ccc(OCc2ccc(-c3nnc(C(F)F)o3)cn2)cc1.[HH]. The van der Waals surface area contributed by atoms with Gasteiger partial charge in [0.25, 0.3) is 5.89 Å². The number of nitrogens with two attached hydrogens (primary N) is 2. The predicted molar refractivity (Wildman–Crippen MR) is 93.4 cm³/mol. The highest BCUT2D eigenvalue weighted by atomic mass is 19.3. The second-order valence-corrected chi connectivity index (χ2v) is 5.22. The lowest BCUT2D eigenvalue weighted by molar-refractivity contribution is 0.116. The molecule has 3 aromatic rings. The number of ether oxygens (including phenoxy) is 1. The number of hydrogen-bond donors (Lipinski definition) is 3. The maximum absolute atomic E-state index is 12.5. The number of alkyl halides is 2. The summed E-state index contributed by atoms with van der Waals surface area (Å²) in [5.74, 6) is 5.18. The Morgan fingerprint density at radius 2 is 2.00 bits per heavy atom. The molecule has 0 unspecified atom stereocenters. The first-order valence-corrected chi connectivity index (χ1v) is 7.65. The predicted octanol–water partition coefficient (Wildman–Crippen LogP) is 1.98. The zero-order valence-corrected chi connectivity index (χ0v) is 13.8. The lowest BCUT2D eigenvalue weighted by atomic mass is 10.2. The Morgan fingerprint density at radius 1 is 1.22 bits per heavy atom. The van der Waals surface area contributed by atoms with Gasteiger partial charge in [-0.3, -0.25) is 4.98 Å². The van der Waals surface area contributed by atoms with E-state index in [4.69, 9.17) is 20.7 Å². The number of halogens is 2. The molecule has 0 amide bonds. The van der Waals surface area contributed by atoms with Crippen molar-refractivity contribution in [3.8, 4) is 17.2 Å². The molecule has 11 heteroatoms. The van der Waals surface area contributed by atoms with Crippen LogP contribution in [0.15, 0.2) is 52.1 Å². The van der Waals surface area contributed by atoms with E-state index >= 15 is 0 Å².